The molecule has 21 heavy (non-hydrogen) atoms. The quantitative estimate of drug-likeness (QED) is 0.855. The Bertz CT molecular complexity index is 533. The summed E-state index contributed by atoms with van der Waals surface area (Å²) in [6.45, 7) is 6.99. The van der Waals surface area contributed by atoms with Crippen molar-refractivity contribution >= 4 is 12.2 Å². The highest BCUT2D eigenvalue weighted by Crippen LogP contribution is 2.22. The maximum absolute atomic E-state index is 12.0. The second-order valence-electron chi connectivity index (χ2n) is 6.36. The molecular weight excluding hydrogens is 266 g/mol. The number of nitrogens with zero attached hydrogens (tertiary/aromatic N) is 1. The fourth-order valence-corrected chi connectivity index (χ4v) is 2.30. The van der Waals surface area contributed by atoms with Gasteiger partial charge in [0, 0.05) is 13.1 Å². The molecule has 0 radical (unpaired) electrons. The zero-order valence-electron chi connectivity index (χ0n) is 12.9. The third-order valence-electron chi connectivity index (χ3n) is 3.30. The van der Waals surface area contributed by atoms with E-state index >= 15 is 0 Å². The van der Waals surface area contributed by atoms with Crippen LogP contribution in [0.2, 0.25) is 0 Å². The van der Waals surface area contributed by atoms with Crippen molar-refractivity contribution in [3.8, 4) is 5.75 Å². The molecule has 0 unspecified atom stereocenters. The van der Waals surface area contributed by atoms with Gasteiger partial charge in [0.25, 0.3) is 0 Å². The van der Waals surface area contributed by atoms with Crippen LogP contribution in [0.4, 0.5) is 4.79 Å². The van der Waals surface area contributed by atoms with E-state index in [-0.39, 0.29) is 11.8 Å². The van der Waals surface area contributed by atoms with Gasteiger partial charge in [-0.15, -0.1) is 0 Å². The minimum absolute atomic E-state index is 0.237. The number of aromatic hydroxyl groups is 1. The number of piperidine rings is 1. The van der Waals surface area contributed by atoms with Gasteiger partial charge in [-0.05, 0) is 51.3 Å². The monoisotopic (exact) mass is 289 g/mol. The highest BCUT2D eigenvalue weighted by Gasteiger charge is 2.24. The van der Waals surface area contributed by atoms with Gasteiger partial charge in [-0.1, -0.05) is 23.8 Å². The van der Waals surface area contributed by atoms with Crippen LogP contribution in [-0.4, -0.2) is 34.8 Å². The molecule has 0 atom stereocenters. The molecule has 4 heteroatoms. The van der Waals surface area contributed by atoms with Crippen LogP contribution in [0.5, 0.6) is 5.75 Å². The summed E-state index contributed by atoms with van der Waals surface area (Å²) in [6, 6.07) is 7.20. The van der Waals surface area contributed by atoms with E-state index in [0.29, 0.717) is 13.1 Å². The summed E-state index contributed by atoms with van der Waals surface area (Å²) in [6.07, 6.45) is 3.54. The number of rotatable bonds is 1. The first kappa shape index (κ1) is 15.4. The first-order valence-electron chi connectivity index (χ1n) is 7.30. The number of carbonyl (C=O) groups excluding carboxylic acids is 1. The number of hydrogen-bond donors (Lipinski definition) is 1. The average molecular weight is 289 g/mol. The number of hydrogen-bond acceptors (Lipinski definition) is 3. The number of likely N-dealkylation sites (tertiary alicyclic amines) is 1. The minimum atomic E-state index is -0.450. The Balaban J connectivity index is 1.93. The Kier molecular flexibility index (Phi) is 4.56. The zero-order valence-corrected chi connectivity index (χ0v) is 12.9. The summed E-state index contributed by atoms with van der Waals surface area (Å²) in [4.78, 5) is 13.7. The van der Waals surface area contributed by atoms with E-state index in [1.165, 1.54) is 5.57 Å². The number of ether oxygens (including phenoxy) is 1. The van der Waals surface area contributed by atoms with E-state index < -0.39 is 5.60 Å². The van der Waals surface area contributed by atoms with Crippen LogP contribution in [-0.2, 0) is 4.74 Å². The second kappa shape index (κ2) is 6.20. The predicted molar refractivity (Wildman–Crippen MR) is 83.1 cm³/mol. The molecule has 0 spiro atoms. The summed E-state index contributed by atoms with van der Waals surface area (Å²) in [5.74, 6) is 0.274. The van der Waals surface area contributed by atoms with E-state index in [1.54, 1.807) is 17.0 Å². The molecule has 1 heterocycles. The smallest absolute Gasteiger partial charge is 0.410 e. The molecule has 1 saturated heterocycles. The molecule has 4 nitrogen and oxygen atoms in total. The maximum atomic E-state index is 12.0. The molecule has 0 aliphatic carbocycles. The van der Waals surface area contributed by atoms with Gasteiger partial charge in [0.15, 0.2) is 0 Å². The molecule has 1 N–H and O–H groups in total. The highest BCUT2D eigenvalue weighted by molar-refractivity contribution is 5.68. The fraction of sp³-hybridized carbons (Fsp3) is 0.471. The average Bonchev–Trinajstić information content (AvgIpc) is 2.37. The van der Waals surface area contributed by atoms with E-state index in [4.69, 9.17) is 4.74 Å². The summed E-state index contributed by atoms with van der Waals surface area (Å²) in [5, 5.41) is 9.47. The summed E-state index contributed by atoms with van der Waals surface area (Å²) in [5.41, 5.74) is 1.84. The maximum Gasteiger partial charge on any atom is 0.410 e. The Hall–Kier alpha value is -1.97. The Morgan fingerprint density at radius 1 is 1.29 bits per heavy atom. The van der Waals surface area contributed by atoms with Gasteiger partial charge < -0.3 is 14.7 Å². The Labute approximate surface area is 126 Å². The molecule has 0 aromatic heterocycles. The van der Waals surface area contributed by atoms with Crippen LogP contribution in [0, 0.1) is 0 Å². The second-order valence-corrected chi connectivity index (χ2v) is 6.36. The first-order chi connectivity index (χ1) is 9.83. The van der Waals surface area contributed by atoms with Gasteiger partial charge >= 0.3 is 6.09 Å². The lowest BCUT2D eigenvalue weighted by Gasteiger charge is -2.31. The molecule has 0 saturated carbocycles. The van der Waals surface area contributed by atoms with E-state index in [9.17, 15) is 9.90 Å². The van der Waals surface area contributed by atoms with Crippen molar-refractivity contribution in [2.45, 2.75) is 39.2 Å². The highest BCUT2D eigenvalue weighted by atomic mass is 16.6. The molecule has 1 aliphatic heterocycles. The number of amides is 1. The van der Waals surface area contributed by atoms with Crippen molar-refractivity contribution in [3.63, 3.8) is 0 Å². The normalized spacial score (nSPS) is 15.8. The molecule has 0 bridgehead atoms. The van der Waals surface area contributed by atoms with Crippen LogP contribution in [0.15, 0.2) is 29.8 Å². The van der Waals surface area contributed by atoms with Gasteiger partial charge in [0.2, 0.25) is 0 Å². The largest absolute Gasteiger partial charge is 0.508 e. The van der Waals surface area contributed by atoms with Crippen molar-refractivity contribution < 1.29 is 14.6 Å². The number of phenolic OH excluding ortho intramolecular Hbond substituents is 1. The van der Waals surface area contributed by atoms with Gasteiger partial charge in [-0.2, -0.15) is 0 Å². The van der Waals surface area contributed by atoms with Crippen LogP contribution in [0.1, 0.15) is 39.2 Å². The molecule has 1 aliphatic rings. The van der Waals surface area contributed by atoms with E-state index in [2.05, 4.69) is 6.08 Å². The van der Waals surface area contributed by atoms with Gasteiger partial charge in [0.1, 0.15) is 11.4 Å². The summed E-state index contributed by atoms with van der Waals surface area (Å²) in [7, 11) is 0. The summed E-state index contributed by atoms with van der Waals surface area (Å²) >= 11 is 0. The first-order valence-corrected chi connectivity index (χ1v) is 7.30. The van der Waals surface area contributed by atoms with Gasteiger partial charge in [0.05, 0.1) is 0 Å². The van der Waals surface area contributed by atoms with Crippen LogP contribution in [0.3, 0.4) is 0 Å². The molecule has 1 aromatic carbocycles. The van der Waals surface area contributed by atoms with Crippen molar-refractivity contribution in [2.75, 3.05) is 13.1 Å². The lowest BCUT2D eigenvalue weighted by Crippen LogP contribution is -2.40. The third-order valence-corrected chi connectivity index (χ3v) is 3.30. The lowest BCUT2D eigenvalue weighted by atomic mass is 10.0. The lowest BCUT2D eigenvalue weighted by molar-refractivity contribution is 0.0237. The molecule has 1 aromatic rings. The third kappa shape index (κ3) is 4.81. The van der Waals surface area contributed by atoms with E-state index in [0.717, 1.165) is 18.4 Å². The van der Waals surface area contributed by atoms with Crippen molar-refractivity contribution in [1.29, 1.82) is 0 Å². The van der Waals surface area contributed by atoms with Crippen molar-refractivity contribution in [3.05, 3.63) is 35.4 Å². The molecular formula is C17H23NO3. The van der Waals surface area contributed by atoms with Crippen LogP contribution in [0.25, 0.3) is 6.08 Å². The Morgan fingerprint density at radius 2 is 1.95 bits per heavy atom. The molecule has 2 rings (SSSR count). The topological polar surface area (TPSA) is 49.8 Å². The van der Waals surface area contributed by atoms with Crippen molar-refractivity contribution in [1.82, 2.24) is 4.90 Å². The van der Waals surface area contributed by atoms with Gasteiger partial charge in [-0.3, -0.25) is 0 Å². The SMILES string of the molecule is CC(C)(C)OC(=O)N1CCC(=Cc2cccc(O)c2)CC1. The fourth-order valence-electron chi connectivity index (χ4n) is 2.30. The number of phenols is 1. The standard InChI is InChI=1S/C17H23NO3/c1-17(2,3)21-16(20)18-9-7-13(8-10-18)11-14-5-4-6-15(19)12-14/h4-6,11-12,19H,7-10H2,1-3H3. The number of benzene rings is 1. The Morgan fingerprint density at radius 3 is 2.52 bits per heavy atom. The molecule has 114 valence electrons. The predicted octanol–water partition coefficient (Wildman–Crippen LogP) is 3.81. The zero-order chi connectivity index (χ0) is 15.5. The molecule has 1 amide bonds. The minimum Gasteiger partial charge on any atom is -0.508 e. The summed E-state index contributed by atoms with van der Waals surface area (Å²) < 4.78 is 5.38. The van der Waals surface area contributed by atoms with Crippen LogP contribution >= 0.6 is 0 Å². The van der Waals surface area contributed by atoms with Crippen LogP contribution < -0.4 is 0 Å². The van der Waals surface area contributed by atoms with E-state index in [1.807, 2.05) is 32.9 Å². The number of carbonyl (C=O) groups is 1. The molecule has 1 fully saturated rings. The van der Waals surface area contributed by atoms with Crippen molar-refractivity contribution in [2.24, 2.45) is 0 Å². The van der Waals surface area contributed by atoms with Gasteiger partial charge in [-0.25, -0.2) is 4.79 Å².